The molecule has 0 saturated heterocycles. The topological polar surface area (TPSA) is 84.1 Å². The molecular formula is C22H19N3O4. The molecule has 1 N–H and O–H groups in total. The summed E-state index contributed by atoms with van der Waals surface area (Å²) < 4.78 is 10.6. The number of ether oxygens (including phenoxy) is 1. The van der Waals surface area contributed by atoms with Crippen LogP contribution in [0.3, 0.4) is 0 Å². The maximum atomic E-state index is 12.9. The van der Waals surface area contributed by atoms with E-state index in [1.54, 1.807) is 62.8 Å². The Balaban J connectivity index is 1.53. The van der Waals surface area contributed by atoms with Gasteiger partial charge in [0.25, 0.3) is 5.91 Å². The predicted octanol–water partition coefficient (Wildman–Crippen LogP) is 3.93. The minimum Gasteiger partial charge on any atom is -0.497 e. The molecule has 7 nitrogen and oxygen atoms in total. The van der Waals surface area contributed by atoms with Gasteiger partial charge in [0.2, 0.25) is 5.91 Å². The zero-order valence-electron chi connectivity index (χ0n) is 16.0. The summed E-state index contributed by atoms with van der Waals surface area (Å²) in [6.45, 7) is 1.67. The van der Waals surface area contributed by atoms with Crippen LogP contribution >= 0.6 is 0 Å². The number of benzene rings is 2. The van der Waals surface area contributed by atoms with E-state index in [0.717, 1.165) is 5.56 Å². The first kappa shape index (κ1) is 18.5. The highest BCUT2D eigenvalue weighted by Gasteiger charge is 2.39. The number of carbonyl (C=O) groups is 2. The fraction of sp³-hybridized carbons (Fsp3) is 0.136. The summed E-state index contributed by atoms with van der Waals surface area (Å²) in [7, 11) is 1.55. The van der Waals surface area contributed by atoms with Crippen molar-refractivity contribution in [3.63, 3.8) is 0 Å². The number of hydrogen-bond donors (Lipinski definition) is 1. The van der Waals surface area contributed by atoms with Crippen LogP contribution in [-0.4, -0.2) is 24.6 Å². The Morgan fingerprint density at radius 3 is 2.72 bits per heavy atom. The molecule has 2 heterocycles. The average molecular weight is 389 g/mol. The molecule has 0 radical (unpaired) electrons. The Bertz CT molecular complexity index is 1090. The van der Waals surface area contributed by atoms with E-state index >= 15 is 0 Å². The maximum absolute atomic E-state index is 12.9. The number of hydrazone groups is 1. The van der Waals surface area contributed by atoms with Gasteiger partial charge in [-0.3, -0.25) is 9.59 Å². The highest BCUT2D eigenvalue weighted by atomic mass is 16.5. The molecule has 2 amide bonds. The number of carbonyl (C=O) groups excluding carboxylic acids is 2. The zero-order chi connectivity index (χ0) is 20.4. The average Bonchev–Trinajstić information content (AvgIpc) is 3.36. The Labute approximate surface area is 167 Å². The summed E-state index contributed by atoms with van der Waals surface area (Å²) >= 11 is 0. The first-order valence-electron chi connectivity index (χ1n) is 9.05. The molecular weight excluding hydrogens is 370 g/mol. The number of methoxy groups -OCH3 is 1. The van der Waals surface area contributed by atoms with Crippen LogP contribution in [0, 0.1) is 5.92 Å². The van der Waals surface area contributed by atoms with Crippen molar-refractivity contribution in [2.24, 2.45) is 11.0 Å². The Morgan fingerprint density at radius 1 is 1.14 bits per heavy atom. The van der Waals surface area contributed by atoms with Crippen molar-refractivity contribution in [3.05, 3.63) is 66.9 Å². The second kappa shape index (κ2) is 7.63. The molecule has 0 aliphatic carbocycles. The fourth-order valence-corrected chi connectivity index (χ4v) is 3.20. The van der Waals surface area contributed by atoms with Gasteiger partial charge in [-0.1, -0.05) is 18.2 Å². The summed E-state index contributed by atoms with van der Waals surface area (Å²) in [6.07, 6.45) is 1.59. The Kier molecular flexibility index (Phi) is 4.87. The van der Waals surface area contributed by atoms with Crippen LogP contribution in [0.25, 0.3) is 11.3 Å². The van der Waals surface area contributed by atoms with E-state index in [9.17, 15) is 9.59 Å². The van der Waals surface area contributed by atoms with Crippen LogP contribution in [0.15, 0.2) is 76.4 Å². The number of furan rings is 1. The quantitative estimate of drug-likeness (QED) is 0.670. The van der Waals surface area contributed by atoms with E-state index in [0.29, 0.717) is 28.6 Å². The summed E-state index contributed by atoms with van der Waals surface area (Å²) in [5, 5.41) is 8.33. The summed E-state index contributed by atoms with van der Waals surface area (Å²) in [4.78, 5) is 25.7. The number of rotatable bonds is 5. The first-order chi connectivity index (χ1) is 14.1. The lowest BCUT2D eigenvalue weighted by Gasteiger charge is -2.15. The van der Waals surface area contributed by atoms with Crippen molar-refractivity contribution in [2.75, 3.05) is 17.4 Å². The van der Waals surface area contributed by atoms with Gasteiger partial charge in [0, 0.05) is 17.3 Å². The van der Waals surface area contributed by atoms with Gasteiger partial charge in [-0.15, -0.1) is 0 Å². The zero-order valence-corrected chi connectivity index (χ0v) is 16.0. The lowest BCUT2D eigenvalue weighted by Crippen LogP contribution is -2.36. The molecule has 0 spiro atoms. The molecule has 4 rings (SSSR count). The molecule has 0 saturated carbocycles. The molecule has 1 aromatic heterocycles. The lowest BCUT2D eigenvalue weighted by molar-refractivity contribution is -0.127. The first-order valence-corrected chi connectivity index (χ1v) is 9.05. The lowest BCUT2D eigenvalue weighted by atomic mass is 10.0. The van der Waals surface area contributed by atoms with Crippen molar-refractivity contribution in [1.82, 2.24) is 0 Å². The van der Waals surface area contributed by atoms with Crippen LogP contribution in [0.2, 0.25) is 0 Å². The standard InChI is InChI=1S/C22H19N3O4/c1-14-20(22(27)25(24-14)17-8-4-9-18(13-17)28-2)21(26)23-16-7-3-6-15(12-16)19-10-5-11-29-19/h3-13,20H,1-2H3,(H,23,26). The van der Waals surface area contributed by atoms with Gasteiger partial charge in [0.15, 0.2) is 5.92 Å². The minimum atomic E-state index is -0.992. The van der Waals surface area contributed by atoms with Gasteiger partial charge in [-0.2, -0.15) is 10.1 Å². The van der Waals surface area contributed by atoms with Crippen molar-refractivity contribution >= 4 is 28.9 Å². The molecule has 1 atom stereocenters. The van der Waals surface area contributed by atoms with E-state index in [2.05, 4.69) is 10.4 Å². The smallest absolute Gasteiger partial charge is 0.265 e. The number of nitrogens with one attached hydrogen (secondary N) is 1. The van der Waals surface area contributed by atoms with E-state index < -0.39 is 17.7 Å². The number of amides is 2. The van der Waals surface area contributed by atoms with Gasteiger partial charge in [-0.05, 0) is 43.3 Å². The van der Waals surface area contributed by atoms with E-state index in [4.69, 9.17) is 9.15 Å². The molecule has 3 aromatic rings. The summed E-state index contributed by atoms with van der Waals surface area (Å²) in [5.41, 5.74) is 2.37. The van der Waals surface area contributed by atoms with Crippen LogP contribution in [0.5, 0.6) is 5.75 Å². The maximum Gasteiger partial charge on any atom is 0.265 e. The molecule has 7 heteroatoms. The van der Waals surface area contributed by atoms with Crippen LogP contribution in [-0.2, 0) is 9.59 Å². The van der Waals surface area contributed by atoms with E-state index in [1.807, 2.05) is 18.2 Å². The summed E-state index contributed by atoms with van der Waals surface area (Å²) in [5.74, 6) is -0.534. The fourth-order valence-electron chi connectivity index (χ4n) is 3.20. The second-order valence-corrected chi connectivity index (χ2v) is 6.57. The third-order valence-corrected chi connectivity index (χ3v) is 4.63. The molecule has 1 aliphatic rings. The van der Waals surface area contributed by atoms with Gasteiger partial charge < -0.3 is 14.5 Å². The molecule has 0 fully saturated rings. The Hall–Kier alpha value is -3.87. The molecule has 1 unspecified atom stereocenters. The highest BCUT2D eigenvalue weighted by molar-refractivity contribution is 6.28. The molecule has 146 valence electrons. The third-order valence-electron chi connectivity index (χ3n) is 4.63. The number of nitrogens with zero attached hydrogens (tertiary/aromatic N) is 2. The van der Waals surface area contributed by atoms with Gasteiger partial charge in [0.1, 0.15) is 11.5 Å². The Morgan fingerprint density at radius 2 is 1.97 bits per heavy atom. The molecule has 1 aliphatic heterocycles. The van der Waals surface area contributed by atoms with Gasteiger partial charge >= 0.3 is 0 Å². The third kappa shape index (κ3) is 3.62. The van der Waals surface area contributed by atoms with E-state index in [-0.39, 0.29) is 0 Å². The SMILES string of the molecule is COc1cccc(N2N=C(C)C(C(=O)Nc3cccc(-c4ccco4)c3)C2=O)c1. The van der Waals surface area contributed by atoms with Gasteiger partial charge in [0.05, 0.1) is 24.8 Å². The minimum absolute atomic E-state index is 0.407. The van der Waals surface area contributed by atoms with Crippen LogP contribution in [0.4, 0.5) is 11.4 Å². The van der Waals surface area contributed by atoms with Crippen molar-refractivity contribution in [1.29, 1.82) is 0 Å². The van der Waals surface area contributed by atoms with E-state index in [1.165, 1.54) is 5.01 Å². The largest absolute Gasteiger partial charge is 0.497 e. The monoisotopic (exact) mass is 389 g/mol. The number of hydrogen-bond acceptors (Lipinski definition) is 5. The predicted molar refractivity (Wildman–Crippen MR) is 110 cm³/mol. The second-order valence-electron chi connectivity index (χ2n) is 6.57. The molecule has 2 aromatic carbocycles. The van der Waals surface area contributed by atoms with Crippen molar-refractivity contribution in [3.8, 4) is 17.1 Å². The molecule has 29 heavy (non-hydrogen) atoms. The normalized spacial score (nSPS) is 15.9. The summed E-state index contributed by atoms with van der Waals surface area (Å²) in [6, 6.07) is 17.9. The van der Waals surface area contributed by atoms with Crippen LogP contribution < -0.4 is 15.1 Å². The number of anilines is 2. The van der Waals surface area contributed by atoms with Crippen molar-refractivity contribution in [2.45, 2.75) is 6.92 Å². The van der Waals surface area contributed by atoms with Crippen LogP contribution in [0.1, 0.15) is 6.92 Å². The van der Waals surface area contributed by atoms with Gasteiger partial charge in [-0.25, -0.2) is 0 Å². The highest BCUT2D eigenvalue weighted by Crippen LogP contribution is 2.28. The molecule has 0 bridgehead atoms. The van der Waals surface area contributed by atoms with Crippen molar-refractivity contribution < 1.29 is 18.7 Å².